The van der Waals surface area contributed by atoms with Gasteiger partial charge >= 0.3 is 0 Å². The van der Waals surface area contributed by atoms with Gasteiger partial charge in [-0.3, -0.25) is 4.40 Å². The molecule has 3 aromatic rings. The molecule has 0 saturated carbocycles. The number of nitrogens with zero attached hydrogens (tertiary/aromatic N) is 4. The average Bonchev–Trinajstić information content (AvgIpc) is 3.15. The minimum atomic E-state index is -3.61. The molecule has 0 atom stereocenters. The van der Waals surface area contributed by atoms with Gasteiger partial charge in [-0.15, -0.1) is 10.2 Å². The summed E-state index contributed by atoms with van der Waals surface area (Å²) in [6, 6.07) is 5.98. The Kier molecular flexibility index (Phi) is 5.96. The number of fused-ring (bicyclic) bond motifs is 2. The second-order valence-electron chi connectivity index (χ2n) is 6.62. The van der Waals surface area contributed by atoms with Gasteiger partial charge in [0.1, 0.15) is 11.6 Å². The number of benzene rings is 1. The highest BCUT2D eigenvalue weighted by Gasteiger charge is 2.23. The number of halogens is 1. The van der Waals surface area contributed by atoms with Crippen LogP contribution in [0.1, 0.15) is 25.0 Å². The van der Waals surface area contributed by atoms with E-state index in [2.05, 4.69) is 10.2 Å². The molecular weight excluding hydrogens is 431 g/mol. The molecular formula is C19H21FN4O4S2. The molecule has 1 aliphatic rings. The zero-order valence-electron chi connectivity index (χ0n) is 16.5. The van der Waals surface area contributed by atoms with Gasteiger partial charge in [0.25, 0.3) is 0 Å². The first-order valence-corrected chi connectivity index (χ1v) is 11.9. The minimum absolute atomic E-state index is 0.122. The lowest BCUT2D eigenvalue weighted by Crippen LogP contribution is -2.30. The van der Waals surface area contributed by atoms with Gasteiger partial charge in [0.05, 0.1) is 11.5 Å². The zero-order valence-corrected chi connectivity index (χ0v) is 18.2. The van der Waals surface area contributed by atoms with E-state index in [1.807, 2.05) is 0 Å². The molecule has 160 valence electrons. The first kappa shape index (κ1) is 21.0. The predicted octanol–water partition coefficient (Wildman–Crippen LogP) is 3.06. The summed E-state index contributed by atoms with van der Waals surface area (Å²) in [4.78, 5) is 0.170. The predicted molar refractivity (Wildman–Crippen MR) is 109 cm³/mol. The third kappa shape index (κ3) is 3.89. The molecule has 11 heteroatoms. The summed E-state index contributed by atoms with van der Waals surface area (Å²) >= 11 is 1.32. The van der Waals surface area contributed by atoms with Crippen LogP contribution in [-0.4, -0.2) is 47.2 Å². The van der Waals surface area contributed by atoms with Crippen LogP contribution in [0.5, 0.6) is 5.75 Å². The second kappa shape index (κ2) is 8.50. The minimum Gasteiger partial charge on any atom is -0.467 e. The topological polar surface area (TPSA) is 86.0 Å². The molecule has 3 heterocycles. The molecule has 0 N–H and O–H groups in total. The highest BCUT2D eigenvalue weighted by atomic mass is 32.2. The Morgan fingerprint density at radius 1 is 1.23 bits per heavy atom. The molecule has 0 fully saturated rings. The van der Waals surface area contributed by atoms with Crippen molar-refractivity contribution in [1.82, 2.24) is 18.9 Å². The Bertz CT molecular complexity index is 1180. The molecule has 0 unspecified atom stereocenters. The lowest BCUT2D eigenvalue weighted by atomic mass is 10.1. The van der Waals surface area contributed by atoms with E-state index in [0.29, 0.717) is 53.1 Å². The fourth-order valence-corrected chi connectivity index (χ4v) is 5.66. The van der Waals surface area contributed by atoms with Crippen LogP contribution in [-0.2, 0) is 27.1 Å². The van der Waals surface area contributed by atoms with Crippen LogP contribution in [0.2, 0.25) is 0 Å². The van der Waals surface area contributed by atoms with Crippen LogP contribution in [0.15, 0.2) is 40.5 Å². The van der Waals surface area contributed by atoms with Gasteiger partial charge in [-0.25, -0.2) is 12.8 Å². The number of thioether (sulfide) groups is 1. The summed E-state index contributed by atoms with van der Waals surface area (Å²) in [6.07, 6.45) is 1.52. The van der Waals surface area contributed by atoms with Crippen LogP contribution < -0.4 is 4.74 Å². The summed E-state index contributed by atoms with van der Waals surface area (Å²) < 4.78 is 53.5. The van der Waals surface area contributed by atoms with Gasteiger partial charge in [-0.2, -0.15) is 4.31 Å². The van der Waals surface area contributed by atoms with Gasteiger partial charge in [-0.05, 0) is 24.3 Å². The molecule has 4 rings (SSSR count). The lowest BCUT2D eigenvalue weighted by molar-refractivity contribution is -0.0171. The first-order chi connectivity index (χ1) is 14.4. The van der Waals surface area contributed by atoms with E-state index in [-0.39, 0.29) is 17.5 Å². The number of rotatable bonds is 7. The van der Waals surface area contributed by atoms with Gasteiger partial charge in [0, 0.05) is 36.2 Å². The molecule has 0 spiro atoms. The molecule has 30 heavy (non-hydrogen) atoms. The number of hydrogen-bond donors (Lipinski definition) is 0. The third-order valence-electron chi connectivity index (χ3n) is 4.80. The van der Waals surface area contributed by atoms with Gasteiger partial charge < -0.3 is 9.47 Å². The van der Waals surface area contributed by atoms with E-state index < -0.39 is 10.0 Å². The maximum atomic E-state index is 14.0. The van der Waals surface area contributed by atoms with Gasteiger partial charge in [0.2, 0.25) is 10.0 Å². The summed E-state index contributed by atoms with van der Waals surface area (Å²) in [6.45, 7) is 4.78. The van der Waals surface area contributed by atoms with E-state index in [9.17, 15) is 12.8 Å². The van der Waals surface area contributed by atoms with E-state index in [0.717, 1.165) is 0 Å². The summed E-state index contributed by atoms with van der Waals surface area (Å²) in [5, 5.41) is 8.77. The molecule has 0 saturated heterocycles. The Morgan fingerprint density at radius 3 is 2.80 bits per heavy atom. The molecule has 1 aliphatic heterocycles. The highest BCUT2D eigenvalue weighted by molar-refractivity contribution is 7.98. The second-order valence-corrected chi connectivity index (χ2v) is 9.50. The molecule has 1 aromatic carbocycles. The van der Waals surface area contributed by atoms with Crippen molar-refractivity contribution in [2.75, 3.05) is 19.9 Å². The quantitative estimate of drug-likeness (QED) is 0.509. The van der Waals surface area contributed by atoms with Crippen molar-refractivity contribution < 1.29 is 22.3 Å². The van der Waals surface area contributed by atoms with Crippen LogP contribution >= 0.6 is 11.8 Å². The Morgan fingerprint density at radius 2 is 2.03 bits per heavy atom. The average molecular weight is 453 g/mol. The lowest BCUT2D eigenvalue weighted by Gasteiger charge is -2.20. The number of pyridine rings is 1. The van der Waals surface area contributed by atoms with Crippen LogP contribution in [0.25, 0.3) is 5.65 Å². The molecule has 0 bridgehead atoms. The summed E-state index contributed by atoms with van der Waals surface area (Å²) in [7, 11) is -3.61. The van der Waals surface area contributed by atoms with Crippen molar-refractivity contribution in [3.05, 3.63) is 47.4 Å². The number of hydrogen-bond acceptors (Lipinski definition) is 7. The smallest absolute Gasteiger partial charge is 0.244 e. The number of ether oxygens (including phenoxy) is 2. The van der Waals surface area contributed by atoms with E-state index in [1.165, 1.54) is 40.5 Å². The van der Waals surface area contributed by atoms with Gasteiger partial charge in [-0.1, -0.05) is 25.6 Å². The maximum absolute atomic E-state index is 14.0. The summed E-state index contributed by atoms with van der Waals surface area (Å²) in [5.41, 5.74) is 1.87. The Balaban J connectivity index is 1.64. The molecule has 0 amide bonds. The first-order valence-electron chi connectivity index (χ1n) is 9.43. The fraction of sp³-hybridized carbons (Fsp3) is 0.368. The van der Waals surface area contributed by atoms with Gasteiger partial charge in [0.15, 0.2) is 17.6 Å². The zero-order chi connectivity index (χ0) is 21.3. The Hall–Kier alpha value is -2.21. The standard InChI is InChI=1S/C19H21FN4O4S2/c1-3-23(4-2)30(25,26)16-5-6-17-21-22-19(24(17)9-16)29-11-14-8-15(20)7-13-10-27-12-28-18(13)14/h5-9H,3-4,10-12H2,1-2H3. The van der Waals surface area contributed by atoms with Crippen molar-refractivity contribution in [2.45, 2.75) is 36.3 Å². The Labute approximate surface area is 178 Å². The van der Waals surface area contributed by atoms with Crippen LogP contribution in [0.4, 0.5) is 4.39 Å². The maximum Gasteiger partial charge on any atom is 0.244 e. The molecule has 0 radical (unpaired) electrons. The van der Waals surface area contributed by atoms with Crippen LogP contribution in [0, 0.1) is 5.82 Å². The molecule has 8 nitrogen and oxygen atoms in total. The van der Waals surface area contributed by atoms with Crippen LogP contribution in [0.3, 0.4) is 0 Å². The van der Waals surface area contributed by atoms with E-state index >= 15 is 0 Å². The molecule has 2 aromatic heterocycles. The van der Waals surface area contributed by atoms with E-state index in [1.54, 1.807) is 24.3 Å². The van der Waals surface area contributed by atoms with E-state index in [4.69, 9.17) is 9.47 Å². The fourth-order valence-electron chi connectivity index (χ4n) is 3.32. The summed E-state index contributed by atoms with van der Waals surface area (Å²) in [5.74, 6) is 0.638. The SMILES string of the molecule is CCN(CC)S(=O)(=O)c1ccc2nnc(SCc3cc(F)cc4c3OCOC4)n2c1. The normalized spacial score (nSPS) is 14.1. The monoisotopic (exact) mass is 452 g/mol. The van der Waals surface area contributed by atoms with Crippen molar-refractivity contribution >= 4 is 27.4 Å². The van der Waals surface area contributed by atoms with Crippen molar-refractivity contribution in [3.63, 3.8) is 0 Å². The van der Waals surface area contributed by atoms with Crippen molar-refractivity contribution in [1.29, 1.82) is 0 Å². The third-order valence-corrected chi connectivity index (χ3v) is 7.82. The number of aromatic nitrogens is 3. The molecule has 0 aliphatic carbocycles. The largest absolute Gasteiger partial charge is 0.467 e. The number of sulfonamides is 1. The highest BCUT2D eigenvalue weighted by Crippen LogP contribution is 2.33. The van der Waals surface area contributed by atoms with Crippen molar-refractivity contribution in [2.24, 2.45) is 0 Å². The van der Waals surface area contributed by atoms with Crippen molar-refractivity contribution in [3.8, 4) is 5.75 Å².